The molecule has 0 amide bonds. The van der Waals surface area contributed by atoms with Crippen molar-refractivity contribution in [2.24, 2.45) is 0 Å². The molecule has 0 N–H and O–H groups in total. The molecule has 0 aliphatic carbocycles. The van der Waals surface area contributed by atoms with Gasteiger partial charge < -0.3 is 34.0 Å². The predicted molar refractivity (Wildman–Crippen MR) is 349 cm³/mol. The zero-order valence-corrected chi connectivity index (χ0v) is 46.0. The number of fused-ring (bicyclic) bond motifs is 9. The lowest BCUT2D eigenvalue weighted by Crippen LogP contribution is -2.63. The molecule has 0 fully saturated rings. The fraction of sp³-hybridized carbons (Fsp3) is 0.0400. The second-order valence-electron chi connectivity index (χ2n) is 22.3. The maximum atomic E-state index is 7.67. The Balaban J connectivity index is 0.925. The molecular weight excluding hydrogens is 1020 g/mol. The summed E-state index contributed by atoms with van der Waals surface area (Å²) in [7, 11) is 0. The summed E-state index contributed by atoms with van der Waals surface area (Å²) in [6.07, 6.45) is 2.15. The highest BCUT2D eigenvalue weighted by molar-refractivity contribution is 7.02. The van der Waals surface area contributed by atoms with E-state index < -0.39 is 0 Å². The third-order valence-corrected chi connectivity index (χ3v) is 17.6. The van der Waals surface area contributed by atoms with E-state index >= 15 is 0 Å². The van der Waals surface area contributed by atoms with Crippen LogP contribution >= 0.6 is 0 Å². The van der Waals surface area contributed by atoms with Gasteiger partial charge in [0.25, 0.3) is 13.4 Å². The van der Waals surface area contributed by atoms with Crippen molar-refractivity contribution in [2.75, 3.05) is 31.0 Å². The lowest BCUT2D eigenvalue weighted by atomic mass is 9.31. The molecule has 0 radical (unpaired) electrons. The van der Waals surface area contributed by atoms with Gasteiger partial charge in [0.15, 0.2) is 0 Å². The summed E-state index contributed by atoms with van der Waals surface area (Å²) in [6.45, 7) is 0.557. The van der Waals surface area contributed by atoms with Crippen LogP contribution in [0.5, 0.6) is 23.0 Å². The maximum Gasteiger partial charge on any atom is 0.256 e. The molecule has 12 aromatic carbocycles. The summed E-state index contributed by atoms with van der Waals surface area (Å²) in [4.78, 5) is 12.1. The van der Waals surface area contributed by atoms with E-state index in [0.717, 1.165) is 138 Å². The van der Waals surface area contributed by atoms with Crippen molar-refractivity contribution >= 4 is 126 Å². The van der Waals surface area contributed by atoms with Crippen LogP contribution in [0.25, 0.3) is 0 Å². The van der Waals surface area contributed by atoms with Gasteiger partial charge in [-0.15, -0.1) is 0 Å². The molecule has 84 heavy (non-hydrogen) atoms. The number of hydrogen-bond acceptors (Lipinski definition) is 7. The average molecular weight is 1080 g/mol. The minimum atomic E-state index is -0.203. The monoisotopic (exact) mass is 1080 g/mol. The van der Waals surface area contributed by atoms with Gasteiger partial charge in [-0.05, 0) is 154 Å². The molecule has 5 aliphatic rings. The van der Waals surface area contributed by atoms with Gasteiger partial charge in [0, 0.05) is 99.1 Å². The SMILES string of the molecule is c1ccc(N(c2ccccc2)c2cc3c4c(c2)N(c2ccccc2)c2ccccc2B4c2cc4c(cc2O3)N(c2ccccc2)c2cc(N(c3ccccc3)c3ccccc3)cc3c2B4c2ccc(N4CCCc5ccccc54)cc2O3)cc1. The highest BCUT2D eigenvalue weighted by Crippen LogP contribution is 2.50. The number of rotatable bonds is 9. The van der Waals surface area contributed by atoms with Crippen molar-refractivity contribution in [2.45, 2.75) is 12.8 Å². The van der Waals surface area contributed by atoms with Crippen molar-refractivity contribution in [1.82, 2.24) is 0 Å². The second kappa shape index (κ2) is 19.5. The maximum absolute atomic E-state index is 7.67. The van der Waals surface area contributed by atoms with Gasteiger partial charge in [0.05, 0.1) is 11.4 Å². The normalized spacial score (nSPS) is 13.6. The summed E-state index contributed by atoms with van der Waals surface area (Å²) in [5, 5.41) is 0. The summed E-state index contributed by atoms with van der Waals surface area (Å²) in [6, 6.07) is 103. The third kappa shape index (κ3) is 7.69. The van der Waals surface area contributed by atoms with Gasteiger partial charge >= 0.3 is 0 Å². The number of ether oxygens (including phenoxy) is 2. The molecule has 0 spiro atoms. The van der Waals surface area contributed by atoms with Crippen molar-refractivity contribution in [3.63, 3.8) is 0 Å². The van der Waals surface area contributed by atoms with Gasteiger partial charge in [-0.2, -0.15) is 0 Å². The number of nitrogens with zero attached hydrogens (tertiary/aromatic N) is 5. The standard InChI is InChI=1S/C75H53B2N5O2/c1-7-26-52(27-8-1)79(53-28-9-2-10-29-53)59-44-68-74-72(47-59)84-71-50-67-63(49-64(71)76(74)61-38-20-22-40-66(61)81(68)56-34-15-5-16-35-56)77-62-42-41-58(78-43-23-25-51-24-19-21-39-65(51)78)46-70(62)83-73-48-60(45-69(75(73)77)82(67)57-36-17-6-18-37-57)80(54-30-11-3-12-31-54)55-32-13-4-14-33-55/h1-22,24,26-42,44-50H,23,25,43H2. The number of aryl methyl sites for hydroxylation is 1. The predicted octanol–water partition coefficient (Wildman–Crippen LogP) is 15.5. The Kier molecular flexibility index (Phi) is 11.2. The van der Waals surface area contributed by atoms with Crippen LogP contribution in [0.3, 0.4) is 0 Å². The van der Waals surface area contributed by atoms with E-state index in [1.54, 1.807) is 0 Å². The van der Waals surface area contributed by atoms with E-state index in [0.29, 0.717) is 0 Å². The molecule has 0 atom stereocenters. The molecule has 0 aromatic heterocycles. The van der Waals surface area contributed by atoms with Crippen LogP contribution in [-0.2, 0) is 6.42 Å². The smallest absolute Gasteiger partial charge is 0.256 e. The van der Waals surface area contributed by atoms with E-state index in [9.17, 15) is 0 Å². The Bertz CT molecular complexity index is 4440. The number of benzene rings is 12. The van der Waals surface area contributed by atoms with Crippen LogP contribution in [0, 0.1) is 0 Å². The van der Waals surface area contributed by atoms with Crippen LogP contribution in [0.15, 0.2) is 285 Å². The van der Waals surface area contributed by atoms with E-state index in [4.69, 9.17) is 9.47 Å². The number of hydrogen-bond donors (Lipinski definition) is 0. The Hall–Kier alpha value is -10.6. The van der Waals surface area contributed by atoms with Crippen LogP contribution in [0.4, 0.5) is 79.6 Å². The summed E-state index contributed by atoms with van der Waals surface area (Å²) in [5.74, 6) is 3.34. The van der Waals surface area contributed by atoms with E-state index in [2.05, 4.69) is 310 Å². The lowest BCUT2D eigenvalue weighted by Gasteiger charge is -2.44. The molecule has 0 unspecified atom stereocenters. The highest BCUT2D eigenvalue weighted by atomic mass is 16.5. The van der Waals surface area contributed by atoms with Gasteiger partial charge in [-0.25, -0.2) is 0 Å². The van der Waals surface area contributed by atoms with Gasteiger partial charge in [0.1, 0.15) is 23.0 Å². The first-order valence-corrected chi connectivity index (χ1v) is 29.2. The first-order valence-electron chi connectivity index (χ1n) is 29.2. The molecule has 5 aliphatic heterocycles. The Morgan fingerprint density at radius 2 is 0.750 bits per heavy atom. The molecule has 396 valence electrons. The second-order valence-corrected chi connectivity index (χ2v) is 22.3. The third-order valence-electron chi connectivity index (χ3n) is 17.6. The van der Waals surface area contributed by atoms with Crippen molar-refractivity contribution in [3.8, 4) is 23.0 Å². The summed E-state index contributed by atoms with van der Waals surface area (Å²) < 4.78 is 15.2. The van der Waals surface area contributed by atoms with Gasteiger partial charge in [-0.3, -0.25) is 0 Å². The molecular formula is C75H53B2N5O2. The van der Waals surface area contributed by atoms with Gasteiger partial charge in [-0.1, -0.05) is 158 Å². The van der Waals surface area contributed by atoms with Crippen LogP contribution in [0.1, 0.15) is 12.0 Å². The van der Waals surface area contributed by atoms with Crippen LogP contribution in [-0.4, -0.2) is 20.0 Å². The molecule has 9 heteroatoms. The quantitative estimate of drug-likeness (QED) is 0.133. The molecule has 17 rings (SSSR count). The van der Waals surface area contributed by atoms with E-state index in [-0.39, 0.29) is 13.4 Å². The molecule has 5 heterocycles. The minimum Gasteiger partial charge on any atom is -0.458 e. The number of anilines is 14. The molecule has 0 saturated heterocycles. The zero-order chi connectivity index (χ0) is 55.2. The Morgan fingerprint density at radius 3 is 1.30 bits per heavy atom. The summed E-state index contributed by atoms with van der Waals surface area (Å²) >= 11 is 0. The van der Waals surface area contributed by atoms with E-state index in [1.807, 2.05) is 0 Å². The molecule has 0 saturated carbocycles. The largest absolute Gasteiger partial charge is 0.458 e. The van der Waals surface area contributed by atoms with Crippen LogP contribution < -0.4 is 66.8 Å². The average Bonchev–Trinajstić information content (AvgIpc) is 1.04. The van der Waals surface area contributed by atoms with Crippen molar-refractivity contribution in [1.29, 1.82) is 0 Å². The Morgan fingerprint density at radius 1 is 0.298 bits per heavy atom. The first-order chi connectivity index (χ1) is 41.7. The van der Waals surface area contributed by atoms with Gasteiger partial charge in [0.2, 0.25) is 0 Å². The lowest BCUT2D eigenvalue weighted by molar-refractivity contribution is 0.487. The molecule has 12 aromatic rings. The van der Waals surface area contributed by atoms with Crippen molar-refractivity contribution in [3.05, 3.63) is 291 Å². The van der Waals surface area contributed by atoms with Crippen molar-refractivity contribution < 1.29 is 9.47 Å². The van der Waals surface area contributed by atoms with E-state index in [1.165, 1.54) is 22.2 Å². The summed E-state index contributed by atoms with van der Waals surface area (Å²) in [5.41, 5.74) is 23.3. The molecule has 0 bridgehead atoms. The Labute approximate surface area is 490 Å². The fourth-order valence-electron chi connectivity index (χ4n) is 14.0. The highest BCUT2D eigenvalue weighted by Gasteiger charge is 2.48. The number of para-hydroxylation sites is 8. The minimum absolute atomic E-state index is 0.171. The fourth-order valence-corrected chi connectivity index (χ4v) is 14.0. The topological polar surface area (TPSA) is 34.7 Å². The van der Waals surface area contributed by atoms with Crippen LogP contribution in [0.2, 0.25) is 0 Å². The first kappa shape index (κ1) is 48.1. The zero-order valence-electron chi connectivity index (χ0n) is 46.0. The molecule has 7 nitrogen and oxygen atoms in total.